The number of benzene rings is 1. The van der Waals surface area contributed by atoms with E-state index in [0.29, 0.717) is 25.2 Å². The Morgan fingerprint density at radius 1 is 1.04 bits per heavy atom. The van der Waals surface area contributed by atoms with Crippen LogP contribution in [0.5, 0.6) is 0 Å². The maximum absolute atomic E-state index is 12.8. The van der Waals surface area contributed by atoms with E-state index < -0.39 is 6.03 Å². The van der Waals surface area contributed by atoms with Crippen molar-refractivity contribution in [2.75, 3.05) is 32.7 Å². The molecule has 0 aromatic heterocycles. The molecule has 4 fully saturated rings. The smallest absolute Gasteiger partial charge is 0.325 e. The fourth-order valence-electron chi connectivity index (χ4n) is 4.18. The van der Waals surface area contributed by atoms with E-state index in [0.717, 1.165) is 12.8 Å². The molecule has 0 spiro atoms. The third-order valence-electron chi connectivity index (χ3n) is 5.54. The van der Waals surface area contributed by atoms with E-state index in [2.05, 4.69) is 5.32 Å². The van der Waals surface area contributed by atoms with Crippen LogP contribution in [-0.2, 0) is 9.59 Å². The normalized spacial score (nSPS) is 24.8. The van der Waals surface area contributed by atoms with Crippen molar-refractivity contribution in [3.05, 3.63) is 35.9 Å². The standard InChI is InChI=1S/C19H22N4O4/c24-16-11-22(19(27)20-16)12-17(25)23-9-13-6-7-15(23)10-21(8-13)18(26)14-4-2-1-3-5-14/h1-5,13,15H,6-12H2,(H,20,24,27)/t13-,15+/m0/s1. The van der Waals surface area contributed by atoms with E-state index in [1.54, 1.807) is 17.0 Å². The Kier molecular flexibility index (Phi) is 4.55. The quantitative estimate of drug-likeness (QED) is 0.775. The maximum atomic E-state index is 12.8. The minimum Gasteiger partial charge on any atom is -0.336 e. The number of fused-ring (bicyclic) bond motifs is 4. The fourth-order valence-corrected chi connectivity index (χ4v) is 4.18. The van der Waals surface area contributed by atoms with Gasteiger partial charge in [0, 0.05) is 31.2 Å². The summed E-state index contributed by atoms with van der Waals surface area (Å²) >= 11 is 0. The third-order valence-corrected chi connectivity index (χ3v) is 5.54. The van der Waals surface area contributed by atoms with Crippen LogP contribution in [-0.4, -0.2) is 77.2 Å². The van der Waals surface area contributed by atoms with Crippen molar-refractivity contribution in [2.45, 2.75) is 18.9 Å². The molecule has 2 atom stereocenters. The van der Waals surface area contributed by atoms with Crippen LogP contribution in [0.4, 0.5) is 4.79 Å². The highest BCUT2D eigenvalue weighted by Gasteiger charge is 2.40. The van der Waals surface area contributed by atoms with Gasteiger partial charge in [0.15, 0.2) is 0 Å². The molecule has 1 aromatic carbocycles. The van der Waals surface area contributed by atoms with Gasteiger partial charge in [0.05, 0.1) is 0 Å². The molecular weight excluding hydrogens is 348 g/mol. The van der Waals surface area contributed by atoms with Crippen molar-refractivity contribution < 1.29 is 19.2 Å². The van der Waals surface area contributed by atoms with Crippen LogP contribution in [0.15, 0.2) is 30.3 Å². The van der Waals surface area contributed by atoms with Gasteiger partial charge in [-0.05, 0) is 30.9 Å². The number of piperidine rings is 1. The summed E-state index contributed by atoms with van der Waals surface area (Å²) in [5.41, 5.74) is 0.656. The SMILES string of the molecule is O=C1CN(CC(=O)N2C[C@H]3CC[C@@H]2CN(C(=O)c2ccccc2)C3)C(=O)N1. The van der Waals surface area contributed by atoms with Crippen LogP contribution in [0.1, 0.15) is 23.2 Å². The number of rotatable bonds is 3. The highest BCUT2D eigenvalue weighted by molar-refractivity contribution is 6.03. The first kappa shape index (κ1) is 17.5. The summed E-state index contributed by atoms with van der Waals surface area (Å²) in [6, 6.07) is 8.61. The summed E-state index contributed by atoms with van der Waals surface area (Å²) < 4.78 is 0. The minimum atomic E-state index is -0.519. The second-order valence-electron chi connectivity index (χ2n) is 7.43. The van der Waals surface area contributed by atoms with E-state index in [4.69, 9.17) is 0 Å². The summed E-state index contributed by atoms with van der Waals surface area (Å²) in [7, 11) is 0. The lowest BCUT2D eigenvalue weighted by Gasteiger charge is -2.36. The van der Waals surface area contributed by atoms with Gasteiger partial charge in [-0.1, -0.05) is 18.2 Å². The van der Waals surface area contributed by atoms with Crippen LogP contribution in [0.25, 0.3) is 0 Å². The lowest BCUT2D eigenvalue weighted by atomic mass is 9.95. The van der Waals surface area contributed by atoms with Crippen LogP contribution < -0.4 is 5.32 Å². The van der Waals surface area contributed by atoms with Crippen molar-refractivity contribution in [3.63, 3.8) is 0 Å². The average molecular weight is 370 g/mol. The van der Waals surface area contributed by atoms with E-state index in [-0.39, 0.29) is 42.8 Å². The maximum Gasteiger partial charge on any atom is 0.325 e. The molecule has 1 N–H and O–H groups in total. The van der Waals surface area contributed by atoms with Crippen molar-refractivity contribution >= 4 is 23.8 Å². The molecule has 2 bridgehead atoms. The van der Waals surface area contributed by atoms with E-state index in [1.165, 1.54) is 4.90 Å². The molecule has 8 nitrogen and oxygen atoms in total. The van der Waals surface area contributed by atoms with Crippen LogP contribution >= 0.6 is 0 Å². The predicted molar refractivity (Wildman–Crippen MR) is 95.7 cm³/mol. The van der Waals surface area contributed by atoms with Gasteiger partial charge in [0.2, 0.25) is 11.8 Å². The van der Waals surface area contributed by atoms with Gasteiger partial charge >= 0.3 is 6.03 Å². The molecule has 4 aliphatic heterocycles. The Balaban J connectivity index is 1.45. The first-order valence-electron chi connectivity index (χ1n) is 9.24. The molecule has 5 rings (SSSR count). The minimum absolute atomic E-state index is 0.00804. The molecule has 27 heavy (non-hydrogen) atoms. The van der Waals surface area contributed by atoms with Gasteiger partial charge in [-0.25, -0.2) is 4.79 Å². The summed E-state index contributed by atoms with van der Waals surface area (Å²) in [5.74, 6) is -0.325. The summed E-state index contributed by atoms with van der Waals surface area (Å²) in [6.07, 6.45) is 1.83. The molecule has 4 heterocycles. The lowest BCUT2D eigenvalue weighted by molar-refractivity contribution is -0.135. The van der Waals surface area contributed by atoms with Crippen molar-refractivity contribution in [3.8, 4) is 0 Å². The highest BCUT2D eigenvalue weighted by Crippen LogP contribution is 2.29. The highest BCUT2D eigenvalue weighted by atomic mass is 16.2. The molecule has 0 radical (unpaired) electrons. The third kappa shape index (κ3) is 3.51. The Bertz CT molecular complexity index is 781. The number of urea groups is 1. The molecule has 8 heteroatoms. The van der Waals surface area contributed by atoms with E-state index in [1.807, 2.05) is 23.1 Å². The van der Waals surface area contributed by atoms with Gasteiger partial charge < -0.3 is 14.7 Å². The van der Waals surface area contributed by atoms with Crippen molar-refractivity contribution in [1.82, 2.24) is 20.0 Å². The zero-order valence-corrected chi connectivity index (χ0v) is 15.0. The molecule has 1 aromatic rings. The van der Waals surface area contributed by atoms with Crippen LogP contribution in [0, 0.1) is 5.92 Å². The Morgan fingerprint density at radius 3 is 2.52 bits per heavy atom. The van der Waals surface area contributed by atoms with Gasteiger partial charge in [-0.15, -0.1) is 0 Å². The first-order valence-corrected chi connectivity index (χ1v) is 9.24. The number of hydrogen-bond acceptors (Lipinski definition) is 4. The topological polar surface area (TPSA) is 90.0 Å². The van der Waals surface area contributed by atoms with Gasteiger partial charge in [-0.2, -0.15) is 0 Å². The number of nitrogens with one attached hydrogen (secondary N) is 1. The fraction of sp³-hybridized carbons (Fsp3) is 0.474. The molecule has 0 saturated carbocycles. The first-order chi connectivity index (χ1) is 13.0. The monoisotopic (exact) mass is 370 g/mol. The van der Waals surface area contributed by atoms with Crippen LogP contribution in [0.3, 0.4) is 0 Å². The molecule has 0 unspecified atom stereocenters. The largest absolute Gasteiger partial charge is 0.336 e. The second kappa shape index (κ2) is 7.02. The van der Waals surface area contributed by atoms with Crippen molar-refractivity contribution in [1.29, 1.82) is 0 Å². The second-order valence-corrected chi connectivity index (χ2v) is 7.43. The van der Waals surface area contributed by atoms with E-state index in [9.17, 15) is 19.2 Å². The number of carbonyl (C=O) groups is 4. The molecule has 4 aliphatic rings. The lowest BCUT2D eigenvalue weighted by Crippen LogP contribution is -2.51. The predicted octanol–water partition coefficient (Wildman–Crippen LogP) is 0.301. The average Bonchev–Trinajstić information content (AvgIpc) is 2.85. The Labute approximate surface area is 157 Å². The van der Waals surface area contributed by atoms with Crippen LogP contribution in [0.2, 0.25) is 0 Å². The number of nitrogens with zero attached hydrogens (tertiary/aromatic N) is 3. The molecule has 142 valence electrons. The number of amides is 5. The number of imide groups is 1. The zero-order chi connectivity index (χ0) is 19.0. The van der Waals surface area contributed by atoms with Gasteiger partial charge in [0.1, 0.15) is 13.1 Å². The molecular formula is C19H22N4O4. The summed E-state index contributed by atoms with van der Waals surface area (Å²) in [6.45, 7) is 1.54. The van der Waals surface area contributed by atoms with Crippen molar-refractivity contribution in [2.24, 2.45) is 5.92 Å². The summed E-state index contributed by atoms with van der Waals surface area (Å²) in [4.78, 5) is 53.5. The van der Waals surface area contributed by atoms with Gasteiger partial charge in [0.25, 0.3) is 5.91 Å². The molecule has 0 aliphatic carbocycles. The number of hydrogen-bond donors (Lipinski definition) is 1. The number of carbonyl (C=O) groups excluding carboxylic acids is 4. The summed E-state index contributed by atoms with van der Waals surface area (Å²) in [5, 5.41) is 2.19. The van der Waals surface area contributed by atoms with Gasteiger partial charge in [-0.3, -0.25) is 19.7 Å². The molecule has 4 saturated heterocycles. The molecule has 5 amide bonds. The Hall–Kier alpha value is -2.90. The van der Waals surface area contributed by atoms with E-state index >= 15 is 0 Å². The zero-order valence-electron chi connectivity index (χ0n) is 15.0. The Morgan fingerprint density at radius 2 is 1.81 bits per heavy atom.